The van der Waals surface area contributed by atoms with Crippen LogP contribution >= 0.6 is 15.9 Å². The fourth-order valence-electron chi connectivity index (χ4n) is 2.73. The number of rotatable bonds is 4. The van der Waals surface area contributed by atoms with Gasteiger partial charge in [0.2, 0.25) is 5.91 Å². The van der Waals surface area contributed by atoms with Crippen molar-refractivity contribution >= 4 is 21.8 Å². The van der Waals surface area contributed by atoms with E-state index in [2.05, 4.69) is 33.0 Å². The van der Waals surface area contributed by atoms with Gasteiger partial charge in [0.15, 0.2) is 0 Å². The minimum Gasteiger partial charge on any atom is -0.369 e. The van der Waals surface area contributed by atoms with E-state index in [4.69, 9.17) is 11.5 Å². The number of benzene rings is 1. The summed E-state index contributed by atoms with van der Waals surface area (Å²) in [6, 6.07) is 8.33. The van der Waals surface area contributed by atoms with E-state index >= 15 is 0 Å². The first kappa shape index (κ1) is 14.5. The van der Waals surface area contributed by atoms with Crippen LogP contribution in [0.25, 0.3) is 0 Å². The molecule has 1 aliphatic heterocycles. The predicted octanol–water partition coefficient (Wildman–Crippen LogP) is 1.65. The van der Waals surface area contributed by atoms with Crippen LogP contribution in [0.3, 0.4) is 0 Å². The summed E-state index contributed by atoms with van der Waals surface area (Å²) in [6.45, 7) is 2.23. The van der Waals surface area contributed by atoms with Crippen LogP contribution in [-0.4, -0.2) is 30.4 Å². The zero-order valence-electron chi connectivity index (χ0n) is 10.9. The lowest BCUT2D eigenvalue weighted by Gasteiger charge is -2.37. The van der Waals surface area contributed by atoms with E-state index < -0.39 is 0 Å². The number of carbonyl (C=O) groups is 1. The lowest BCUT2D eigenvalue weighted by molar-refractivity contribution is -0.123. The second kappa shape index (κ2) is 6.50. The Kier molecular flexibility index (Phi) is 4.96. The average molecular weight is 326 g/mol. The van der Waals surface area contributed by atoms with Crippen molar-refractivity contribution in [2.24, 2.45) is 17.4 Å². The average Bonchev–Trinajstić information content (AvgIpc) is 2.40. The van der Waals surface area contributed by atoms with Crippen molar-refractivity contribution in [2.45, 2.75) is 18.9 Å². The van der Waals surface area contributed by atoms with Crippen LogP contribution in [0.1, 0.15) is 24.4 Å². The molecule has 2 unspecified atom stereocenters. The summed E-state index contributed by atoms with van der Waals surface area (Å²) in [7, 11) is 0. The molecular weight excluding hydrogens is 306 g/mol. The molecule has 1 fully saturated rings. The van der Waals surface area contributed by atoms with Gasteiger partial charge in [-0.05, 0) is 37.1 Å². The molecule has 0 radical (unpaired) electrons. The van der Waals surface area contributed by atoms with Crippen molar-refractivity contribution < 1.29 is 4.79 Å². The van der Waals surface area contributed by atoms with Gasteiger partial charge < -0.3 is 11.5 Å². The topological polar surface area (TPSA) is 72.3 Å². The normalized spacial score (nSPS) is 22.1. The maximum absolute atomic E-state index is 11.4. The molecule has 0 aromatic heterocycles. The largest absolute Gasteiger partial charge is 0.369 e. The first-order valence-corrected chi connectivity index (χ1v) is 7.40. The van der Waals surface area contributed by atoms with Gasteiger partial charge in [-0.3, -0.25) is 9.69 Å². The van der Waals surface area contributed by atoms with Crippen LogP contribution in [-0.2, 0) is 4.79 Å². The maximum Gasteiger partial charge on any atom is 0.221 e. The van der Waals surface area contributed by atoms with E-state index in [9.17, 15) is 4.79 Å². The Morgan fingerprint density at radius 2 is 2.32 bits per heavy atom. The first-order valence-electron chi connectivity index (χ1n) is 6.60. The Morgan fingerprint density at radius 3 is 2.95 bits per heavy atom. The lowest BCUT2D eigenvalue weighted by Crippen LogP contribution is -2.44. The molecule has 0 aliphatic carbocycles. The number of hydrogen-bond donors (Lipinski definition) is 2. The SMILES string of the molecule is NCC(c1cccc(Br)c1)N1CCCC(C(N)=O)C1. The Morgan fingerprint density at radius 1 is 1.53 bits per heavy atom. The van der Waals surface area contributed by atoms with Crippen molar-refractivity contribution in [3.8, 4) is 0 Å². The standard InChI is InChI=1S/C14H20BrN3O/c15-12-5-1-3-10(7-12)13(8-16)18-6-2-4-11(9-18)14(17)19/h1,3,5,7,11,13H,2,4,6,8-9,16H2,(H2,17,19). The van der Waals surface area contributed by atoms with E-state index in [1.807, 2.05) is 12.1 Å². The van der Waals surface area contributed by atoms with Crippen LogP contribution in [0, 0.1) is 5.92 Å². The molecule has 1 heterocycles. The Hall–Kier alpha value is -0.910. The maximum atomic E-state index is 11.4. The summed E-state index contributed by atoms with van der Waals surface area (Å²) in [5.74, 6) is -0.246. The Balaban J connectivity index is 2.15. The molecule has 4 nitrogen and oxygen atoms in total. The van der Waals surface area contributed by atoms with E-state index in [0.717, 1.165) is 23.9 Å². The third-order valence-corrected chi connectivity index (χ3v) is 4.25. The zero-order chi connectivity index (χ0) is 13.8. The molecule has 19 heavy (non-hydrogen) atoms. The number of carbonyl (C=O) groups excluding carboxylic acids is 1. The smallest absolute Gasteiger partial charge is 0.221 e. The van der Waals surface area contributed by atoms with Gasteiger partial charge in [0.25, 0.3) is 0 Å². The Labute approximate surface area is 122 Å². The van der Waals surface area contributed by atoms with Crippen LogP contribution in [0.15, 0.2) is 28.7 Å². The molecule has 5 heteroatoms. The van der Waals surface area contributed by atoms with Crippen LogP contribution in [0.4, 0.5) is 0 Å². The molecule has 1 aromatic carbocycles. The van der Waals surface area contributed by atoms with Gasteiger partial charge in [-0.1, -0.05) is 28.1 Å². The minimum absolute atomic E-state index is 0.0463. The molecule has 2 rings (SSSR count). The third-order valence-electron chi connectivity index (χ3n) is 3.75. The minimum atomic E-state index is -0.199. The number of primary amides is 1. The van der Waals surface area contributed by atoms with Gasteiger partial charge in [-0.25, -0.2) is 0 Å². The molecule has 1 aliphatic rings. The number of nitrogens with two attached hydrogens (primary N) is 2. The molecule has 1 aromatic rings. The third kappa shape index (κ3) is 3.55. The van der Waals surface area contributed by atoms with E-state index in [-0.39, 0.29) is 17.9 Å². The summed E-state index contributed by atoms with van der Waals surface area (Å²) < 4.78 is 1.05. The highest BCUT2D eigenvalue weighted by atomic mass is 79.9. The van der Waals surface area contributed by atoms with Gasteiger partial charge >= 0.3 is 0 Å². The van der Waals surface area contributed by atoms with E-state index in [1.165, 1.54) is 5.56 Å². The molecule has 1 amide bonds. The Bertz CT molecular complexity index is 452. The summed E-state index contributed by atoms with van der Waals surface area (Å²) >= 11 is 3.49. The number of nitrogens with zero attached hydrogens (tertiary/aromatic N) is 1. The van der Waals surface area contributed by atoms with Crippen LogP contribution in [0.2, 0.25) is 0 Å². The molecule has 4 N–H and O–H groups in total. The summed E-state index contributed by atoms with van der Waals surface area (Å²) in [4.78, 5) is 13.6. The van der Waals surface area contributed by atoms with E-state index in [0.29, 0.717) is 13.1 Å². The number of amides is 1. The monoisotopic (exact) mass is 325 g/mol. The number of halogens is 1. The van der Waals surface area contributed by atoms with Crippen molar-refractivity contribution in [1.29, 1.82) is 0 Å². The second-order valence-electron chi connectivity index (χ2n) is 5.04. The van der Waals surface area contributed by atoms with Gasteiger partial charge in [0, 0.05) is 23.6 Å². The van der Waals surface area contributed by atoms with Gasteiger partial charge in [-0.2, -0.15) is 0 Å². The highest BCUT2D eigenvalue weighted by molar-refractivity contribution is 9.10. The quantitative estimate of drug-likeness (QED) is 0.884. The molecule has 2 atom stereocenters. The van der Waals surface area contributed by atoms with Crippen molar-refractivity contribution in [3.05, 3.63) is 34.3 Å². The fraction of sp³-hybridized carbons (Fsp3) is 0.500. The number of hydrogen-bond acceptors (Lipinski definition) is 3. The summed E-state index contributed by atoms with van der Waals surface area (Å²) in [5.41, 5.74) is 12.5. The van der Waals surface area contributed by atoms with Gasteiger partial charge in [-0.15, -0.1) is 0 Å². The highest BCUT2D eigenvalue weighted by Crippen LogP contribution is 2.27. The molecule has 0 saturated carbocycles. The molecule has 1 saturated heterocycles. The molecule has 0 bridgehead atoms. The van der Waals surface area contributed by atoms with Gasteiger partial charge in [0.05, 0.1) is 5.92 Å². The van der Waals surface area contributed by atoms with Crippen molar-refractivity contribution in [3.63, 3.8) is 0 Å². The molecule has 104 valence electrons. The summed E-state index contributed by atoms with van der Waals surface area (Å²) in [6.07, 6.45) is 1.89. The highest BCUT2D eigenvalue weighted by Gasteiger charge is 2.28. The van der Waals surface area contributed by atoms with Crippen LogP contribution in [0.5, 0.6) is 0 Å². The summed E-state index contributed by atoms with van der Waals surface area (Å²) in [5, 5.41) is 0. The van der Waals surface area contributed by atoms with Gasteiger partial charge in [0.1, 0.15) is 0 Å². The van der Waals surface area contributed by atoms with Crippen LogP contribution < -0.4 is 11.5 Å². The number of piperidine rings is 1. The number of likely N-dealkylation sites (tertiary alicyclic amines) is 1. The zero-order valence-corrected chi connectivity index (χ0v) is 12.5. The molecular formula is C14H20BrN3O. The van der Waals surface area contributed by atoms with E-state index in [1.54, 1.807) is 0 Å². The first-order chi connectivity index (χ1) is 9.11. The van der Waals surface area contributed by atoms with Crippen molar-refractivity contribution in [1.82, 2.24) is 4.90 Å². The second-order valence-corrected chi connectivity index (χ2v) is 5.96. The fourth-order valence-corrected chi connectivity index (χ4v) is 3.15. The molecule has 0 spiro atoms. The van der Waals surface area contributed by atoms with Crippen molar-refractivity contribution in [2.75, 3.05) is 19.6 Å². The predicted molar refractivity (Wildman–Crippen MR) is 79.4 cm³/mol. The lowest BCUT2D eigenvalue weighted by atomic mass is 9.94.